The summed E-state index contributed by atoms with van der Waals surface area (Å²) in [7, 11) is -9.91. The number of phosphoric acid groups is 2. The number of carbonyl (C=O) groups is 4. The van der Waals surface area contributed by atoms with Gasteiger partial charge in [-0.05, 0) is 37.5 Å². The van der Waals surface area contributed by atoms with Crippen molar-refractivity contribution in [2.45, 2.75) is 407 Å². The van der Waals surface area contributed by atoms with Gasteiger partial charge < -0.3 is 33.8 Å². The third-order valence-corrected chi connectivity index (χ3v) is 19.4. The molecule has 0 aliphatic rings. The van der Waals surface area contributed by atoms with E-state index in [0.717, 1.165) is 102 Å². The number of ether oxygens (including phenoxy) is 4. The van der Waals surface area contributed by atoms with E-state index in [4.69, 9.17) is 37.0 Å². The standard InChI is InChI=1S/C75H146O17P2/c1-7-9-11-13-15-17-19-21-23-25-29-33-39-45-51-57-72(77)85-63-70(91-74(79)59-53-47-40-34-30-26-24-22-20-18-16-14-12-10-8-2)65-89-93(81,82)87-61-69(76)62-88-94(83,84)90-66-71(64-86-73(78)58-52-46-42-36-38-44-50-56-68(5)6)92-75(80)60-54-48-41-35-31-27-28-32-37-43-49-55-67(3)4/h67-71,76H,7-66H2,1-6H3,(H,81,82)(H,83,84)/t69-,70-,71-/m1/s1. The Balaban J connectivity index is 5.25. The molecule has 0 aromatic heterocycles. The zero-order valence-electron chi connectivity index (χ0n) is 61.3. The fourth-order valence-corrected chi connectivity index (χ4v) is 13.1. The highest BCUT2D eigenvalue weighted by atomic mass is 31.2. The van der Waals surface area contributed by atoms with Crippen LogP contribution in [-0.2, 0) is 65.4 Å². The van der Waals surface area contributed by atoms with Crippen molar-refractivity contribution in [1.29, 1.82) is 0 Å². The Bertz CT molecular complexity index is 1820. The number of carbonyl (C=O) groups excluding carboxylic acids is 4. The molecule has 94 heavy (non-hydrogen) atoms. The monoisotopic (exact) mass is 1380 g/mol. The predicted octanol–water partition coefficient (Wildman–Crippen LogP) is 21.9. The lowest BCUT2D eigenvalue weighted by atomic mass is 10.0. The van der Waals surface area contributed by atoms with Gasteiger partial charge in [0.2, 0.25) is 0 Å². The van der Waals surface area contributed by atoms with Crippen molar-refractivity contribution >= 4 is 39.5 Å². The Kier molecular flexibility index (Phi) is 65.5. The van der Waals surface area contributed by atoms with Crippen LogP contribution in [0.5, 0.6) is 0 Å². The number of esters is 4. The third kappa shape index (κ3) is 68.6. The van der Waals surface area contributed by atoms with Crippen molar-refractivity contribution in [2.75, 3.05) is 39.6 Å². The molecular formula is C75H146O17P2. The van der Waals surface area contributed by atoms with Crippen LogP contribution in [0.1, 0.15) is 388 Å². The van der Waals surface area contributed by atoms with E-state index in [9.17, 15) is 43.2 Å². The SMILES string of the molecule is CCCCCCCCCCCCCCCCCC(=O)OC[C@H](COP(=O)(O)OC[C@@H](O)COP(=O)(O)OC[C@@H](COC(=O)CCCCCCCCCC(C)C)OC(=O)CCCCCCCCCCCCCC(C)C)OC(=O)CCCCCCCCCCCCCCCCC. The van der Waals surface area contributed by atoms with E-state index < -0.39 is 97.5 Å². The summed E-state index contributed by atoms with van der Waals surface area (Å²) in [6.07, 6.45) is 54.1. The summed E-state index contributed by atoms with van der Waals surface area (Å²) in [4.78, 5) is 72.8. The van der Waals surface area contributed by atoms with Gasteiger partial charge in [0.25, 0.3) is 0 Å². The van der Waals surface area contributed by atoms with Crippen LogP contribution in [0.2, 0.25) is 0 Å². The fourth-order valence-electron chi connectivity index (χ4n) is 11.5. The van der Waals surface area contributed by atoms with Crippen LogP contribution in [0.15, 0.2) is 0 Å². The first-order valence-electron chi connectivity index (χ1n) is 39.0. The molecule has 5 atom stereocenters. The van der Waals surface area contributed by atoms with Crippen LogP contribution in [0.3, 0.4) is 0 Å². The minimum Gasteiger partial charge on any atom is -0.462 e. The van der Waals surface area contributed by atoms with E-state index in [0.29, 0.717) is 31.6 Å². The second kappa shape index (κ2) is 66.9. The van der Waals surface area contributed by atoms with Gasteiger partial charge in [0, 0.05) is 25.7 Å². The van der Waals surface area contributed by atoms with Crippen molar-refractivity contribution in [3.05, 3.63) is 0 Å². The van der Waals surface area contributed by atoms with Crippen molar-refractivity contribution in [2.24, 2.45) is 11.8 Å². The van der Waals surface area contributed by atoms with Crippen LogP contribution in [0.4, 0.5) is 0 Å². The molecule has 0 amide bonds. The highest BCUT2D eigenvalue weighted by molar-refractivity contribution is 7.47. The number of unbranched alkanes of at least 4 members (excludes halogenated alkanes) is 44. The summed E-state index contributed by atoms with van der Waals surface area (Å²) in [5.74, 6) is -0.645. The van der Waals surface area contributed by atoms with Gasteiger partial charge in [-0.1, -0.05) is 337 Å². The Morgan fingerprint density at radius 3 is 0.723 bits per heavy atom. The average Bonchev–Trinajstić information content (AvgIpc) is 1.31. The lowest BCUT2D eigenvalue weighted by molar-refractivity contribution is -0.161. The van der Waals surface area contributed by atoms with Crippen LogP contribution < -0.4 is 0 Å². The molecule has 0 aromatic carbocycles. The van der Waals surface area contributed by atoms with Gasteiger partial charge >= 0.3 is 39.5 Å². The quantitative estimate of drug-likeness (QED) is 0.0222. The molecule has 0 aliphatic carbocycles. The van der Waals surface area contributed by atoms with Gasteiger partial charge in [0.1, 0.15) is 19.3 Å². The second-order valence-electron chi connectivity index (χ2n) is 28.0. The van der Waals surface area contributed by atoms with E-state index in [2.05, 4.69) is 41.5 Å². The molecule has 3 N–H and O–H groups in total. The summed E-state index contributed by atoms with van der Waals surface area (Å²) in [5, 5.41) is 10.6. The van der Waals surface area contributed by atoms with Crippen LogP contribution in [0.25, 0.3) is 0 Å². The van der Waals surface area contributed by atoms with Gasteiger partial charge in [-0.15, -0.1) is 0 Å². The molecule has 0 aliphatic heterocycles. The first-order valence-corrected chi connectivity index (χ1v) is 42.0. The highest BCUT2D eigenvalue weighted by Gasteiger charge is 2.30. The van der Waals surface area contributed by atoms with Gasteiger partial charge in [-0.25, -0.2) is 9.13 Å². The molecule has 0 saturated heterocycles. The van der Waals surface area contributed by atoms with E-state index in [1.807, 2.05) is 0 Å². The maximum atomic E-state index is 13.1. The van der Waals surface area contributed by atoms with Gasteiger partial charge in [0.05, 0.1) is 26.4 Å². The number of rotatable bonds is 74. The minimum absolute atomic E-state index is 0.106. The van der Waals surface area contributed by atoms with Gasteiger partial charge in [-0.2, -0.15) is 0 Å². The highest BCUT2D eigenvalue weighted by Crippen LogP contribution is 2.45. The Morgan fingerprint density at radius 1 is 0.287 bits per heavy atom. The molecule has 0 heterocycles. The smallest absolute Gasteiger partial charge is 0.462 e. The van der Waals surface area contributed by atoms with E-state index in [1.54, 1.807) is 0 Å². The molecule has 17 nitrogen and oxygen atoms in total. The van der Waals surface area contributed by atoms with E-state index in [-0.39, 0.29) is 25.7 Å². The molecule has 0 rings (SSSR count). The molecule has 19 heteroatoms. The number of aliphatic hydroxyl groups excluding tert-OH is 1. The Morgan fingerprint density at radius 2 is 0.489 bits per heavy atom. The maximum Gasteiger partial charge on any atom is 0.472 e. The molecule has 0 saturated carbocycles. The number of hydrogen-bond donors (Lipinski definition) is 3. The largest absolute Gasteiger partial charge is 0.472 e. The summed E-state index contributed by atoms with van der Waals surface area (Å²) >= 11 is 0. The zero-order valence-corrected chi connectivity index (χ0v) is 63.1. The first-order chi connectivity index (χ1) is 45.4. The summed E-state index contributed by atoms with van der Waals surface area (Å²) in [6, 6.07) is 0. The maximum absolute atomic E-state index is 13.1. The van der Waals surface area contributed by atoms with E-state index >= 15 is 0 Å². The Labute approximate surface area is 575 Å². The van der Waals surface area contributed by atoms with Crippen molar-refractivity contribution < 1.29 is 80.2 Å². The molecule has 0 aromatic rings. The van der Waals surface area contributed by atoms with Crippen molar-refractivity contribution in [1.82, 2.24) is 0 Å². The molecular weight excluding hydrogens is 1230 g/mol. The van der Waals surface area contributed by atoms with Gasteiger partial charge in [0.15, 0.2) is 12.2 Å². The molecule has 0 bridgehead atoms. The van der Waals surface area contributed by atoms with Crippen molar-refractivity contribution in [3.63, 3.8) is 0 Å². The molecule has 2 unspecified atom stereocenters. The van der Waals surface area contributed by atoms with Crippen molar-refractivity contribution in [3.8, 4) is 0 Å². The fraction of sp³-hybridized carbons (Fsp3) is 0.947. The summed E-state index contributed by atoms with van der Waals surface area (Å²) in [5.41, 5.74) is 0. The summed E-state index contributed by atoms with van der Waals surface area (Å²) in [6.45, 7) is 9.54. The predicted molar refractivity (Wildman–Crippen MR) is 381 cm³/mol. The summed E-state index contributed by atoms with van der Waals surface area (Å²) < 4.78 is 68.5. The first kappa shape index (κ1) is 92.1. The lowest BCUT2D eigenvalue weighted by Gasteiger charge is -2.21. The second-order valence-corrected chi connectivity index (χ2v) is 30.9. The zero-order chi connectivity index (χ0) is 69.3. The van der Waals surface area contributed by atoms with Crippen LogP contribution >= 0.6 is 15.6 Å². The minimum atomic E-state index is -4.96. The average molecular weight is 1380 g/mol. The number of aliphatic hydroxyl groups is 1. The molecule has 0 spiro atoms. The normalized spacial score (nSPS) is 14.0. The van der Waals surface area contributed by atoms with E-state index in [1.165, 1.54) is 199 Å². The number of phosphoric ester groups is 2. The van der Waals surface area contributed by atoms with Gasteiger partial charge in [-0.3, -0.25) is 37.3 Å². The number of hydrogen-bond acceptors (Lipinski definition) is 15. The van der Waals surface area contributed by atoms with Crippen LogP contribution in [-0.4, -0.2) is 96.7 Å². The topological polar surface area (TPSA) is 237 Å². The van der Waals surface area contributed by atoms with Crippen LogP contribution in [0, 0.1) is 11.8 Å². The lowest BCUT2D eigenvalue weighted by Crippen LogP contribution is -2.30. The molecule has 558 valence electrons. The third-order valence-electron chi connectivity index (χ3n) is 17.5. The Hall–Kier alpha value is -1.94. The molecule has 0 radical (unpaired) electrons. The molecule has 0 fully saturated rings.